The van der Waals surface area contributed by atoms with E-state index in [1.807, 2.05) is 0 Å². The molecule has 1 amide bonds. The zero-order valence-electron chi connectivity index (χ0n) is 15.5. The maximum Gasteiger partial charge on any atom is 0.244 e. The van der Waals surface area contributed by atoms with Gasteiger partial charge in [0.2, 0.25) is 15.9 Å². The van der Waals surface area contributed by atoms with Crippen molar-refractivity contribution in [3.63, 3.8) is 0 Å². The van der Waals surface area contributed by atoms with Crippen molar-refractivity contribution in [2.75, 3.05) is 11.1 Å². The first-order valence-electron chi connectivity index (χ1n) is 8.05. The molecule has 0 bridgehead atoms. The summed E-state index contributed by atoms with van der Waals surface area (Å²) in [5.41, 5.74) is 5.44. The highest BCUT2D eigenvalue weighted by molar-refractivity contribution is 7.89. The molecule has 0 heterocycles. The van der Waals surface area contributed by atoms with E-state index >= 15 is 0 Å². The molecule has 0 unspecified atom stereocenters. The lowest BCUT2D eigenvalue weighted by Crippen LogP contribution is -2.40. The number of sulfonamides is 1. The standard InChI is InChI=1S/C18H21F2N3O3S.ClH/c1-18(2,3)23-27(25,26)16-10-15(13(19)9-14(16)20)22-17(24)8-11-4-6-12(21)7-5-11;/h4-7,9-10,23H,8,21H2,1-3H3,(H,22,24);1H. The number of nitrogens with two attached hydrogens (primary N) is 1. The molecular weight excluding hydrogens is 412 g/mol. The molecule has 154 valence electrons. The van der Waals surface area contributed by atoms with Gasteiger partial charge in [0.25, 0.3) is 0 Å². The van der Waals surface area contributed by atoms with Gasteiger partial charge in [-0.1, -0.05) is 12.1 Å². The summed E-state index contributed by atoms with van der Waals surface area (Å²) in [6.07, 6.45) is -0.0839. The minimum Gasteiger partial charge on any atom is -0.399 e. The fourth-order valence-electron chi connectivity index (χ4n) is 2.30. The van der Waals surface area contributed by atoms with Crippen LogP contribution in [-0.4, -0.2) is 19.9 Å². The third-order valence-electron chi connectivity index (χ3n) is 3.37. The van der Waals surface area contributed by atoms with Crippen LogP contribution in [-0.2, 0) is 21.2 Å². The molecule has 4 N–H and O–H groups in total. The topological polar surface area (TPSA) is 101 Å². The molecule has 0 atom stereocenters. The van der Waals surface area contributed by atoms with Gasteiger partial charge in [0.1, 0.15) is 16.5 Å². The van der Waals surface area contributed by atoms with E-state index in [2.05, 4.69) is 10.0 Å². The highest BCUT2D eigenvalue weighted by atomic mass is 35.5. The van der Waals surface area contributed by atoms with Crippen molar-refractivity contribution in [2.45, 2.75) is 37.6 Å². The largest absolute Gasteiger partial charge is 0.399 e. The third-order valence-corrected chi connectivity index (χ3v) is 5.14. The summed E-state index contributed by atoms with van der Waals surface area (Å²) in [5, 5.41) is 2.27. The van der Waals surface area contributed by atoms with Crippen LogP contribution in [0.5, 0.6) is 0 Å². The van der Waals surface area contributed by atoms with Gasteiger partial charge >= 0.3 is 0 Å². The zero-order chi connectivity index (χ0) is 20.4. The van der Waals surface area contributed by atoms with Gasteiger partial charge < -0.3 is 11.1 Å². The predicted molar refractivity (Wildman–Crippen MR) is 107 cm³/mol. The highest BCUT2D eigenvalue weighted by Gasteiger charge is 2.27. The summed E-state index contributed by atoms with van der Waals surface area (Å²) in [5.74, 6) is -2.91. The highest BCUT2D eigenvalue weighted by Crippen LogP contribution is 2.24. The van der Waals surface area contributed by atoms with Gasteiger partial charge in [-0.3, -0.25) is 4.79 Å². The first kappa shape index (κ1) is 23.8. The van der Waals surface area contributed by atoms with E-state index < -0.39 is 43.7 Å². The fourth-order valence-corrected chi connectivity index (χ4v) is 3.81. The molecule has 6 nitrogen and oxygen atoms in total. The summed E-state index contributed by atoms with van der Waals surface area (Å²) in [7, 11) is -4.24. The van der Waals surface area contributed by atoms with Gasteiger partial charge in [0, 0.05) is 17.3 Å². The lowest BCUT2D eigenvalue weighted by atomic mass is 10.1. The number of rotatable bonds is 5. The maximum absolute atomic E-state index is 14.0. The number of nitrogen functional groups attached to an aromatic ring is 1. The van der Waals surface area contributed by atoms with Crippen LogP contribution >= 0.6 is 12.4 Å². The van der Waals surface area contributed by atoms with Gasteiger partial charge in [0.05, 0.1) is 12.1 Å². The maximum atomic E-state index is 14.0. The number of anilines is 2. The van der Waals surface area contributed by atoms with Crippen LogP contribution < -0.4 is 15.8 Å². The Morgan fingerprint density at radius 1 is 1.07 bits per heavy atom. The van der Waals surface area contributed by atoms with E-state index in [9.17, 15) is 22.0 Å². The number of nitrogens with one attached hydrogen (secondary N) is 2. The summed E-state index contributed by atoms with van der Waals surface area (Å²) in [6.45, 7) is 4.75. The first-order valence-corrected chi connectivity index (χ1v) is 9.53. The molecule has 10 heteroatoms. The van der Waals surface area contributed by atoms with Crippen molar-refractivity contribution < 1.29 is 22.0 Å². The third kappa shape index (κ3) is 6.43. The predicted octanol–water partition coefficient (Wildman–Crippen LogP) is 3.23. The molecule has 0 aliphatic rings. The number of hydrogen-bond acceptors (Lipinski definition) is 4. The van der Waals surface area contributed by atoms with E-state index in [0.717, 1.165) is 6.07 Å². The molecule has 0 aliphatic carbocycles. The van der Waals surface area contributed by atoms with E-state index in [-0.39, 0.29) is 18.8 Å². The van der Waals surface area contributed by atoms with Crippen LogP contribution in [0.4, 0.5) is 20.2 Å². The Kier molecular flexibility index (Phi) is 7.52. The smallest absolute Gasteiger partial charge is 0.244 e. The van der Waals surface area contributed by atoms with E-state index in [1.54, 1.807) is 45.0 Å². The molecule has 2 rings (SSSR count). The second kappa shape index (κ2) is 8.85. The molecule has 0 aromatic heterocycles. The minimum absolute atomic E-state index is 0. The average Bonchev–Trinajstić information content (AvgIpc) is 2.49. The average molecular weight is 434 g/mol. The van der Waals surface area contributed by atoms with E-state index in [4.69, 9.17) is 5.73 Å². The van der Waals surface area contributed by atoms with Crippen molar-refractivity contribution in [1.29, 1.82) is 0 Å². The van der Waals surface area contributed by atoms with Crippen molar-refractivity contribution >= 4 is 39.7 Å². The zero-order valence-corrected chi connectivity index (χ0v) is 17.2. The van der Waals surface area contributed by atoms with Crippen molar-refractivity contribution in [1.82, 2.24) is 4.72 Å². The van der Waals surface area contributed by atoms with Gasteiger partial charge in [-0.2, -0.15) is 0 Å². The van der Waals surface area contributed by atoms with Gasteiger partial charge in [0.15, 0.2) is 0 Å². The van der Waals surface area contributed by atoms with Crippen LogP contribution in [0.3, 0.4) is 0 Å². The lowest BCUT2D eigenvalue weighted by Gasteiger charge is -2.21. The Labute approximate surface area is 169 Å². The Hall–Kier alpha value is -2.23. The van der Waals surface area contributed by atoms with Crippen LogP contribution in [0.25, 0.3) is 0 Å². The molecule has 0 radical (unpaired) electrons. The minimum atomic E-state index is -4.24. The first-order chi connectivity index (χ1) is 12.4. The van der Waals surface area contributed by atoms with Crippen molar-refractivity contribution in [3.05, 3.63) is 53.6 Å². The van der Waals surface area contributed by atoms with Crippen LogP contribution in [0.2, 0.25) is 0 Å². The molecular formula is C18H22ClF2N3O3S. The lowest BCUT2D eigenvalue weighted by molar-refractivity contribution is -0.115. The molecule has 0 fully saturated rings. The summed E-state index contributed by atoms with van der Waals surface area (Å²) < 4.78 is 55.0. The van der Waals surface area contributed by atoms with Crippen molar-refractivity contribution in [3.8, 4) is 0 Å². The number of carbonyl (C=O) groups excluding carboxylic acids is 1. The Balaban J connectivity index is 0.00000392. The van der Waals surface area contributed by atoms with Crippen molar-refractivity contribution in [2.24, 2.45) is 0 Å². The molecule has 2 aromatic rings. The summed E-state index contributed by atoms with van der Waals surface area (Å²) in [4.78, 5) is 11.4. The molecule has 2 aromatic carbocycles. The molecule has 0 saturated carbocycles. The van der Waals surface area contributed by atoms with Gasteiger partial charge in [-0.25, -0.2) is 21.9 Å². The number of hydrogen-bond donors (Lipinski definition) is 3. The summed E-state index contributed by atoms with van der Waals surface area (Å²) >= 11 is 0. The molecule has 28 heavy (non-hydrogen) atoms. The molecule has 0 spiro atoms. The van der Waals surface area contributed by atoms with Gasteiger partial charge in [-0.15, -0.1) is 12.4 Å². The Bertz CT molecular complexity index is 959. The van der Waals surface area contributed by atoms with Crippen LogP contribution in [0.1, 0.15) is 26.3 Å². The van der Waals surface area contributed by atoms with E-state index in [0.29, 0.717) is 17.3 Å². The Morgan fingerprint density at radius 3 is 2.18 bits per heavy atom. The monoisotopic (exact) mass is 433 g/mol. The number of benzene rings is 2. The quantitative estimate of drug-likeness (QED) is 0.630. The number of amides is 1. The van der Waals surface area contributed by atoms with E-state index in [1.165, 1.54) is 0 Å². The van der Waals surface area contributed by atoms with Crippen LogP contribution in [0, 0.1) is 11.6 Å². The number of carbonyl (C=O) groups is 1. The SMILES string of the molecule is CC(C)(C)NS(=O)(=O)c1cc(NC(=O)Cc2ccc(N)cc2)c(F)cc1F.Cl. The van der Waals surface area contributed by atoms with Crippen LogP contribution in [0.15, 0.2) is 41.3 Å². The summed E-state index contributed by atoms with van der Waals surface area (Å²) in [6, 6.07) is 7.70. The molecule has 0 saturated heterocycles. The second-order valence-electron chi connectivity index (χ2n) is 7.08. The number of halogens is 3. The van der Waals surface area contributed by atoms with Gasteiger partial charge in [-0.05, 0) is 44.5 Å². The fraction of sp³-hybridized carbons (Fsp3) is 0.278. The molecule has 0 aliphatic heterocycles. The second-order valence-corrected chi connectivity index (χ2v) is 8.74. The Morgan fingerprint density at radius 2 is 1.64 bits per heavy atom. The normalized spacial score (nSPS) is 11.6.